The number of carbonyl (C=O) groups excluding carboxylic acids is 2. The number of quaternary nitrogens is 1. The summed E-state index contributed by atoms with van der Waals surface area (Å²) in [7, 11) is 0. The fourth-order valence-corrected chi connectivity index (χ4v) is 1.23. The normalized spacial score (nSPS) is 13.2. The van der Waals surface area contributed by atoms with Gasteiger partial charge in [0.1, 0.15) is 5.60 Å². The van der Waals surface area contributed by atoms with Gasteiger partial charge >= 0.3 is 5.97 Å². The van der Waals surface area contributed by atoms with E-state index in [-0.39, 0.29) is 6.42 Å². The monoisotopic (exact) mass is 231 g/mol. The van der Waals surface area contributed by atoms with Crippen LogP contribution in [0.5, 0.6) is 0 Å². The fraction of sp³-hybridized carbons (Fsp3) is 0.818. The number of carboxylic acids is 1. The molecular formula is C11H21NO4. The maximum absolute atomic E-state index is 11.5. The van der Waals surface area contributed by atoms with Gasteiger partial charge in [-0.3, -0.25) is 4.79 Å². The molecule has 0 fully saturated rings. The first-order valence-electron chi connectivity index (χ1n) is 5.51. The molecule has 0 aliphatic carbocycles. The van der Waals surface area contributed by atoms with E-state index in [1.807, 2.05) is 0 Å². The van der Waals surface area contributed by atoms with Crippen molar-refractivity contribution in [2.24, 2.45) is 5.92 Å². The molecule has 0 bridgehead atoms. The molecule has 0 unspecified atom stereocenters. The molecule has 0 aromatic rings. The van der Waals surface area contributed by atoms with Crippen molar-refractivity contribution in [3.05, 3.63) is 0 Å². The average Bonchev–Trinajstić information content (AvgIpc) is 2.08. The average molecular weight is 231 g/mol. The third kappa shape index (κ3) is 6.40. The van der Waals surface area contributed by atoms with E-state index in [2.05, 4.69) is 5.73 Å². The van der Waals surface area contributed by atoms with Crippen molar-refractivity contribution in [3.8, 4) is 0 Å². The smallest absolute Gasteiger partial charge is 0.315 e. The van der Waals surface area contributed by atoms with Gasteiger partial charge in [0.15, 0.2) is 0 Å². The number of aliphatic carboxylic acids is 1. The predicted molar refractivity (Wildman–Crippen MR) is 55.9 cm³/mol. The zero-order valence-corrected chi connectivity index (χ0v) is 10.2. The standard InChI is InChI=1S/C11H21NO4/c1-11(2,3)16-10(15)8(9(13)14)6-4-5-7-12/h8H,4-7,12H2,1-3H3,(H,13,14)/t8-/m0/s1. The third-order valence-corrected chi connectivity index (χ3v) is 1.97. The lowest BCUT2D eigenvalue weighted by atomic mass is 10.0. The van der Waals surface area contributed by atoms with Crippen LogP contribution in [0.2, 0.25) is 0 Å². The molecule has 0 rings (SSSR count). The summed E-state index contributed by atoms with van der Waals surface area (Å²) in [6, 6.07) is 0. The summed E-state index contributed by atoms with van der Waals surface area (Å²) in [5.41, 5.74) is 2.98. The Balaban J connectivity index is 4.31. The summed E-state index contributed by atoms with van der Waals surface area (Å²) in [5, 5.41) is 10.8. The quantitative estimate of drug-likeness (QED) is 0.364. The minimum atomic E-state index is -1.36. The molecule has 0 spiro atoms. The largest absolute Gasteiger partial charge is 0.549 e. The lowest BCUT2D eigenvalue weighted by Gasteiger charge is -2.24. The molecule has 0 saturated carbocycles. The Morgan fingerprint density at radius 1 is 1.31 bits per heavy atom. The van der Waals surface area contributed by atoms with E-state index >= 15 is 0 Å². The van der Waals surface area contributed by atoms with Gasteiger partial charge in [-0.1, -0.05) is 0 Å². The summed E-state index contributed by atoms with van der Waals surface area (Å²) in [4.78, 5) is 22.3. The second-order valence-electron chi connectivity index (χ2n) is 4.75. The predicted octanol–water partition coefficient (Wildman–Crippen LogP) is -0.894. The molecule has 94 valence electrons. The first-order chi connectivity index (χ1) is 7.28. The number of ether oxygens (including phenoxy) is 1. The van der Waals surface area contributed by atoms with E-state index < -0.39 is 23.5 Å². The summed E-state index contributed by atoms with van der Waals surface area (Å²) < 4.78 is 5.02. The maximum Gasteiger partial charge on any atom is 0.315 e. The molecule has 0 aromatic heterocycles. The molecule has 0 saturated heterocycles. The van der Waals surface area contributed by atoms with E-state index in [0.29, 0.717) is 6.42 Å². The van der Waals surface area contributed by atoms with Crippen molar-refractivity contribution < 1.29 is 25.2 Å². The lowest BCUT2D eigenvalue weighted by Crippen LogP contribution is -2.50. The van der Waals surface area contributed by atoms with E-state index in [1.54, 1.807) is 20.8 Å². The molecule has 0 aliphatic heterocycles. The van der Waals surface area contributed by atoms with Gasteiger partial charge in [-0.2, -0.15) is 0 Å². The Labute approximate surface area is 96.0 Å². The molecule has 0 radical (unpaired) electrons. The second kappa shape index (κ2) is 6.48. The minimum Gasteiger partial charge on any atom is -0.549 e. The van der Waals surface area contributed by atoms with Crippen LogP contribution in [0, 0.1) is 5.92 Å². The fourth-order valence-electron chi connectivity index (χ4n) is 1.23. The highest BCUT2D eigenvalue weighted by molar-refractivity contribution is 5.93. The van der Waals surface area contributed by atoms with Crippen LogP contribution in [-0.4, -0.2) is 24.1 Å². The van der Waals surface area contributed by atoms with Crippen molar-refractivity contribution in [1.82, 2.24) is 0 Å². The minimum absolute atomic E-state index is 0.257. The van der Waals surface area contributed by atoms with Gasteiger partial charge in [0.25, 0.3) is 0 Å². The Bertz CT molecular complexity index is 245. The van der Waals surface area contributed by atoms with Crippen LogP contribution in [0.15, 0.2) is 0 Å². The number of hydrogen-bond acceptors (Lipinski definition) is 4. The topological polar surface area (TPSA) is 94.1 Å². The SMILES string of the molecule is CC(C)(C)OC(=O)[C@@H](CCCC[NH3+])C(=O)[O-]. The van der Waals surface area contributed by atoms with Crippen LogP contribution in [0.4, 0.5) is 0 Å². The molecule has 1 atom stereocenters. The summed E-state index contributed by atoms with van der Waals surface area (Å²) in [5.74, 6) is -3.24. The van der Waals surface area contributed by atoms with Crippen LogP contribution in [0.3, 0.4) is 0 Å². The second-order valence-corrected chi connectivity index (χ2v) is 4.75. The number of rotatable bonds is 6. The van der Waals surface area contributed by atoms with Crippen molar-refractivity contribution in [3.63, 3.8) is 0 Å². The highest BCUT2D eigenvalue weighted by Gasteiger charge is 2.25. The third-order valence-electron chi connectivity index (χ3n) is 1.97. The molecular weight excluding hydrogens is 210 g/mol. The maximum atomic E-state index is 11.5. The van der Waals surface area contributed by atoms with Gasteiger partial charge in [0, 0.05) is 0 Å². The number of hydrogen-bond donors (Lipinski definition) is 1. The highest BCUT2D eigenvalue weighted by Crippen LogP contribution is 2.15. The van der Waals surface area contributed by atoms with Gasteiger partial charge in [0.2, 0.25) is 0 Å². The van der Waals surface area contributed by atoms with Gasteiger partial charge in [0.05, 0.1) is 18.4 Å². The van der Waals surface area contributed by atoms with Crippen LogP contribution < -0.4 is 10.8 Å². The van der Waals surface area contributed by atoms with Crippen LogP contribution >= 0.6 is 0 Å². The van der Waals surface area contributed by atoms with Crippen LogP contribution in [-0.2, 0) is 14.3 Å². The zero-order chi connectivity index (χ0) is 12.8. The van der Waals surface area contributed by atoms with Crippen molar-refractivity contribution in [2.75, 3.05) is 6.54 Å². The van der Waals surface area contributed by atoms with E-state index in [0.717, 1.165) is 13.0 Å². The molecule has 0 aromatic carbocycles. The summed E-state index contributed by atoms with van der Waals surface area (Å²) >= 11 is 0. The first kappa shape index (κ1) is 14.9. The molecule has 5 nitrogen and oxygen atoms in total. The summed E-state index contributed by atoms with van der Waals surface area (Å²) in [6.07, 6.45) is 1.70. The Morgan fingerprint density at radius 3 is 2.25 bits per heavy atom. The van der Waals surface area contributed by atoms with Crippen molar-refractivity contribution >= 4 is 11.9 Å². The van der Waals surface area contributed by atoms with Gasteiger partial charge in [-0.15, -0.1) is 0 Å². The zero-order valence-electron chi connectivity index (χ0n) is 10.2. The van der Waals surface area contributed by atoms with Gasteiger partial charge < -0.3 is 20.4 Å². The van der Waals surface area contributed by atoms with Gasteiger partial charge in [-0.25, -0.2) is 0 Å². The molecule has 0 amide bonds. The molecule has 0 aliphatic rings. The number of unbranched alkanes of at least 4 members (excludes halogenated alkanes) is 1. The number of carboxylic acid groups (broad SMARTS) is 1. The Kier molecular flexibility index (Phi) is 6.03. The van der Waals surface area contributed by atoms with Crippen molar-refractivity contribution in [1.29, 1.82) is 0 Å². The van der Waals surface area contributed by atoms with Crippen LogP contribution in [0.25, 0.3) is 0 Å². The highest BCUT2D eigenvalue weighted by atomic mass is 16.6. The number of esters is 1. The van der Waals surface area contributed by atoms with E-state index in [1.165, 1.54) is 0 Å². The number of carbonyl (C=O) groups is 2. The van der Waals surface area contributed by atoms with Crippen molar-refractivity contribution in [2.45, 2.75) is 45.6 Å². The lowest BCUT2D eigenvalue weighted by molar-refractivity contribution is -0.368. The summed E-state index contributed by atoms with van der Waals surface area (Å²) in [6.45, 7) is 5.84. The molecule has 3 N–H and O–H groups in total. The molecule has 5 heteroatoms. The Hall–Kier alpha value is -1.10. The van der Waals surface area contributed by atoms with E-state index in [9.17, 15) is 14.7 Å². The van der Waals surface area contributed by atoms with E-state index in [4.69, 9.17) is 4.74 Å². The Morgan fingerprint density at radius 2 is 1.88 bits per heavy atom. The molecule has 0 heterocycles. The van der Waals surface area contributed by atoms with Crippen LogP contribution in [0.1, 0.15) is 40.0 Å². The first-order valence-corrected chi connectivity index (χ1v) is 5.51. The molecule has 16 heavy (non-hydrogen) atoms. The van der Waals surface area contributed by atoms with Gasteiger partial charge in [-0.05, 0) is 40.0 Å².